The van der Waals surface area contributed by atoms with Crippen molar-refractivity contribution in [2.45, 2.75) is 6.18 Å². The normalized spacial score (nSPS) is 11.0. The van der Waals surface area contributed by atoms with Crippen LogP contribution in [-0.2, 0) is 15.7 Å². The maximum Gasteiger partial charge on any atom is 0.416 e. The lowest BCUT2D eigenvalue weighted by Crippen LogP contribution is -2.21. The van der Waals surface area contributed by atoms with E-state index in [-0.39, 0.29) is 27.7 Å². The number of anilines is 2. The lowest BCUT2D eigenvalue weighted by Gasteiger charge is -2.12. The summed E-state index contributed by atoms with van der Waals surface area (Å²) in [6.45, 7) is -0.722. The second-order valence-corrected chi connectivity index (χ2v) is 5.68. The molecule has 0 aliphatic heterocycles. The molecular formula is C17H14ClF3N2O4. The molecule has 2 rings (SSSR count). The summed E-state index contributed by atoms with van der Waals surface area (Å²) < 4.78 is 47.8. The number of halogens is 4. The summed E-state index contributed by atoms with van der Waals surface area (Å²) >= 11 is 5.85. The quantitative estimate of drug-likeness (QED) is 0.587. The van der Waals surface area contributed by atoms with Gasteiger partial charge in [0.25, 0.3) is 5.91 Å². The number of alkyl halides is 3. The third-order valence-electron chi connectivity index (χ3n) is 3.35. The Kier molecular flexibility index (Phi) is 6.17. The predicted molar refractivity (Wildman–Crippen MR) is 92.8 cm³/mol. The van der Waals surface area contributed by atoms with Gasteiger partial charge in [0.05, 0.1) is 23.4 Å². The Bertz CT molecular complexity index is 872. The highest BCUT2D eigenvalue weighted by Gasteiger charge is 2.30. The van der Waals surface area contributed by atoms with Crippen molar-refractivity contribution in [3.05, 3.63) is 52.5 Å². The molecule has 0 aliphatic carbocycles. The van der Waals surface area contributed by atoms with E-state index >= 15 is 0 Å². The van der Waals surface area contributed by atoms with Crippen molar-refractivity contribution in [3.8, 4) is 5.75 Å². The van der Waals surface area contributed by atoms with Gasteiger partial charge in [-0.1, -0.05) is 17.7 Å². The minimum absolute atomic E-state index is 0.0523. The summed E-state index contributed by atoms with van der Waals surface area (Å²) in [4.78, 5) is 23.9. The Morgan fingerprint density at radius 2 is 1.93 bits per heavy atom. The molecule has 0 fully saturated rings. The van der Waals surface area contributed by atoms with Crippen LogP contribution in [0, 0.1) is 0 Å². The van der Waals surface area contributed by atoms with E-state index < -0.39 is 30.2 Å². The van der Waals surface area contributed by atoms with Gasteiger partial charge in [0, 0.05) is 11.8 Å². The van der Waals surface area contributed by atoms with Crippen molar-refractivity contribution in [3.63, 3.8) is 0 Å². The number of hydrogen-bond acceptors (Lipinski definition) is 5. The van der Waals surface area contributed by atoms with Gasteiger partial charge >= 0.3 is 12.1 Å². The van der Waals surface area contributed by atoms with Crippen molar-refractivity contribution < 1.29 is 32.2 Å². The molecule has 0 unspecified atom stereocenters. The molecule has 0 aliphatic rings. The van der Waals surface area contributed by atoms with Crippen LogP contribution in [0.2, 0.25) is 5.02 Å². The van der Waals surface area contributed by atoms with E-state index in [1.807, 2.05) is 0 Å². The third kappa shape index (κ3) is 5.27. The average Bonchev–Trinajstić information content (AvgIpc) is 2.61. The standard InChI is InChI=1S/C17H14ClF3N2O4/c1-26-14-7-13(22)12(18)6-11(14)16(25)27-8-15(24)23-10-4-2-3-9(5-10)17(19,20)21/h2-7H,8,22H2,1H3,(H,23,24). The van der Waals surface area contributed by atoms with Gasteiger partial charge in [-0.3, -0.25) is 4.79 Å². The molecule has 0 atom stereocenters. The van der Waals surface area contributed by atoms with Gasteiger partial charge in [-0.15, -0.1) is 0 Å². The highest BCUT2D eigenvalue weighted by atomic mass is 35.5. The number of methoxy groups -OCH3 is 1. The fourth-order valence-corrected chi connectivity index (χ4v) is 2.24. The molecule has 10 heteroatoms. The summed E-state index contributed by atoms with van der Waals surface area (Å²) in [7, 11) is 1.31. The maximum absolute atomic E-state index is 12.7. The van der Waals surface area contributed by atoms with Crippen LogP contribution < -0.4 is 15.8 Å². The summed E-state index contributed by atoms with van der Waals surface area (Å²) in [5.41, 5.74) is 4.74. The maximum atomic E-state index is 12.7. The number of nitrogen functional groups attached to an aromatic ring is 1. The summed E-state index contributed by atoms with van der Waals surface area (Å²) in [6.07, 6.45) is -4.54. The number of esters is 1. The number of carbonyl (C=O) groups is 2. The largest absolute Gasteiger partial charge is 0.496 e. The molecule has 0 spiro atoms. The molecule has 2 aromatic rings. The molecule has 144 valence electrons. The van der Waals surface area contributed by atoms with E-state index in [1.165, 1.54) is 25.3 Å². The van der Waals surface area contributed by atoms with Crippen molar-refractivity contribution in [2.75, 3.05) is 24.8 Å². The van der Waals surface area contributed by atoms with Gasteiger partial charge in [0.2, 0.25) is 0 Å². The molecule has 0 aromatic heterocycles. The smallest absolute Gasteiger partial charge is 0.416 e. The number of ether oxygens (including phenoxy) is 2. The van der Waals surface area contributed by atoms with Crippen molar-refractivity contribution in [1.29, 1.82) is 0 Å². The number of carbonyl (C=O) groups excluding carboxylic acids is 2. The predicted octanol–water partition coefficient (Wildman–Crippen LogP) is 3.75. The minimum atomic E-state index is -4.54. The van der Waals surface area contributed by atoms with Gasteiger partial charge in [0.15, 0.2) is 6.61 Å². The molecule has 27 heavy (non-hydrogen) atoms. The SMILES string of the molecule is COc1cc(N)c(Cl)cc1C(=O)OCC(=O)Nc1cccc(C(F)(F)F)c1. The molecule has 6 nitrogen and oxygen atoms in total. The Morgan fingerprint density at radius 3 is 2.56 bits per heavy atom. The first-order valence-electron chi connectivity index (χ1n) is 7.39. The molecule has 0 radical (unpaired) electrons. The van der Waals surface area contributed by atoms with Crippen LogP contribution in [0.25, 0.3) is 0 Å². The molecule has 2 aromatic carbocycles. The average molecular weight is 403 g/mol. The van der Waals surface area contributed by atoms with Crippen molar-refractivity contribution in [2.24, 2.45) is 0 Å². The van der Waals surface area contributed by atoms with E-state index in [0.717, 1.165) is 18.2 Å². The first-order valence-corrected chi connectivity index (χ1v) is 7.77. The molecular weight excluding hydrogens is 389 g/mol. The van der Waals surface area contributed by atoms with Crippen molar-refractivity contribution >= 4 is 34.9 Å². The second kappa shape index (κ2) is 8.17. The van der Waals surface area contributed by atoms with E-state index in [1.54, 1.807) is 0 Å². The molecule has 3 N–H and O–H groups in total. The van der Waals surface area contributed by atoms with Crippen LogP contribution >= 0.6 is 11.6 Å². The fourth-order valence-electron chi connectivity index (χ4n) is 2.08. The highest BCUT2D eigenvalue weighted by Crippen LogP contribution is 2.31. The lowest BCUT2D eigenvalue weighted by atomic mass is 10.2. The Hall–Kier alpha value is -2.94. The molecule has 0 saturated carbocycles. The lowest BCUT2D eigenvalue weighted by molar-refractivity contribution is -0.137. The van der Waals surface area contributed by atoms with Gasteiger partial charge in [-0.05, 0) is 24.3 Å². The molecule has 0 bridgehead atoms. The van der Waals surface area contributed by atoms with E-state index in [2.05, 4.69) is 5.32 Å². The van der Waals surface area contributed by atoms with E-state index in [0.29, 0.717) is 0 Å². The minimum Gasteiger partial charge on any atom is -0.496 e. The summed E-state index contributed by atoms with van der Waals surface area (Å²) in [5, 5.41) is 2.31. The van der Waals surface area contributed by atoms with E-state index in [9.17, 15) is 22.8 Å². The number of rotatable bonds is 5. The number of benzene rings is 2. The van der Waals surface area contributed by atoms with Crippen LogP contribution in [0.5, 0.6) is 5.75 Å². The number of hydrogen-bond donors (Lipinski definition) is 2. The van der Waals surface area contributed by atoms with Gasteiger partial charge in [0.1, 0.15) is 11.3 Å². The Morgan fingerprint density at radius 1 is 1.22 bits per heavy atom. The summed E-state index contributed by atoms with van der Waals surface area (Å²) in [6, 6.07) is 6.60. The van der Waals surface area contributed by atoms with Gasteiger partial charge < -0.3 is 20.5 Å². The second-order valence-electron chi connectivity index (χ2n) is 5.28. The number of nitrogens with two attached hydrogens (primary N) is 1. The van der Waals surface area contributed by atoms with Crippen LogP contribution in [0.4, 0.5) is 24.5 Å². The van der Waals surface area contributed by atoms with Crippen molar-refractivity contribution in [1.82, 2.24) is 0 Å². The highest BCUT2D eigenvalue weighted by molar-refractivity contribution is 6.33. The topological polar surface area (TPSA) is 90.7 Å². The first-order chi connectivity index (χ1) is 12.6. The van der Waals surface area contributed by atoms with Gasteiger partial charge in [-0.25, -0.2) is 4.79 Å². The molecule has 0 heterocycles. The molecule has 0 saturated heterocycles. The zero-order chi connectivity index (χ0) is 20.2. The molecule has 1 amide bonds. The van der Waals surface area contributed by atoms with Crippen LogP contribution in [-0.4, -0.2) is 25.6 Å². The zero-order valence-electron chi connectivity index (χ0n) is 13.9. The van der Waals surface area contributed by atoms with Crippen LogP contribution in [0.3, 0.4) is 0 Å². The fraction of sp³-hybridized carbons (Fsp3) is 0.176. The van der Waals surface area contributed by atoms with Gasteiger partial charge in [-0.2, -0.15) is 13.2 Å². The number of nitrogens with one attached hydrogen (secondary N) is 1. The Labute approximate surface area is 157 Å². The number of amides is 1. The van der Waals surface area contributed by atoms with Crippen LogP contribution in [0.15, 0.2) is 36.4 Å². The third-order valence-corrected chi connectivity index (χ3v) is 3.67. The Balaban J connectivity index is 2.02. The first kappa shape index (κ1) is 20.4. The van der Waals surface area contributed by atoms with E-state index in [4.69, 9.17) is 26.8 Å². The monoisotopic (exact) mass is 402 g/mol. The zero-order valence-corrected chi connectivity index (χ0v) is 14.6. The van der Waals surface area contributed by atoms with Crippen LogP contribution in [0.1, 0.15) is 15.9 Å². The summed E-state index contributed by atoms with van der Waals surface area (Å²) in [5.74, 6) is -1.63.